The van der Waals surface area contributed by atoms with Gasteiger partial charge in [-0.2, -0.15) is 13.2 Å². The highest BCUT2D eigenvalue weighted by molar-refractivity contribution is 5.95. The lowest BCUT2D eigenvalue weighted by molar-refractivity contribution is -0.154. The van der Waals surface area contributed by atoms with E-state index in [-0.39, 0.29) is 0 Å². The fourth-order valence-electron chi connectivity index (χ4n) is 2.87. The predicted octanol–water partition coefficient (Wildman–Crippen LogP) is 4.02. The number of alkyl halides is 3. The maximum atomic E-state index is 12.8. The number of aromatic nitrogens is 1. The van der Waals surface area contributed by atoms with Gasteiger partial charge < -0.3 is 19.4 Å². The summed E-state index contributed by atoms with van der Waals surface area (Å²) in [6, 6.07) is 17.4. The third-order valence-electron chi connectivity index (χ3n) is 4.66. The number of benzene rings is 2. The monoisotopic (exact) mass is 474 g/mol. The second kappa shape index (κ2) is 10.7. The summed E-state index contributed by atoms with van der Waals surface area (Å²) in [5.41, 5.74) is -0.463. The highest BCUT2D eigenvalue weighted by Crippen LogP contribution is 2.28. The number of nitrogens with zero attached hydrogens (tertiary/aromatic N) is 1. The molecule has 3 aromatic rings. The molecule has 0 aliphatic rings. The first-order valence-corrected chi connectivity index (χ1v) is 10.2. The van der Waals surface area contributed by atoms with Crippen LogP contribution in [0.1, 0.15) is 18.1 Å². The first-order chi connectivity index (χ1) is 16.1. The Morgan fingerprint density at radius 2 is 1.68 bits per heavy atom. The minimum atomic E-state index is -4.67. The lowest BCUT2D eigenvalue weighted by Gasteiger charge is -2.15. The standard InChI is InChI=1S/C24H21F3N2O5/c1-16(34-22(31)14-29-13-18(24(25,26)27)7-12-21(29)30)23(32)28-19-8-10-20(11-9-19)33-15-17-5-3-2-4-6-17/h2-13,16H,14-15H2,1H3,(H,28,32). The van der Waals surface area contributed by atoms with Gasteiger partial charge in [-0.25, -0.2) is 0 Å². The second-order valence-corrected chi connectivity index (χ2v) is 7.30. The quantitative estimate of drug-likeness (QED) is 0.499. The summed E-state index contributed by atoms with van der Waals surface area (Å²) in [6.07, 6.45) is -5.40. The normalized spacial score (nSPS) is 12.0. The van der Waals surface area contributed by atoms with Gasteiger partial charge in [0.15, 0.2) is 6.10 Å². The van der Waals surface area contributed by atoms with Crippen molar-refractivity contribution in [1.29, 1.82) is 0 Å². The predicted molar refractivity (Wildman–Crippen MR) is 117 cm³/mol. The Balaban J connectivity index is 1.51. The van der Waals surface area contributed by atoms with E-state index in [1.54, 1.807) is 24.3 Å². The van der Waals surface area contributed by atoms with Crippen LogP contribution in [0.2, 0.25) is 0 Å². The number of hydrogen-bond donors (Lipinski definition) is 1. The highest BCUT2D eigenvalue weighted by Gasteiger charge is 2.31. The van der Waals surface area contributed by atoms with Crippen LogP contribution in [-0.4, -0.2) is 22.5 Å². The molecular formula is C24H21F3N2O5. The average molecular weight is 474 g/mol. The molecule has 0 aliphatic carbocycles. The third kappa shape index (κ3) is 6.96. The molecule has 0 saturated heterocycles. The maximum absolute atomic E-state index is 12.8. The van der Waals surface area contributed by atoms with Crippen molar-refractivity contribution in [3.8, 4) is 5.75 Å². The molecule has 1 atom stereocenters. The van der Waals surface area contributed by atoms with Gasteiger partial charge in [0.25, 0.3) is 11.5 Å². The Labute approximate surface area is 192 Å². The van der Waals surface area contributed by atoms with E-state index in [1.165, 1.54) is 6.92 Å². The first-order valence-electron chi connectivity index (χ1n) is 10.2. The number of hydrogen-bond acceptors (Lipinski definition) is 5. The van der Waals surface area contributed by atoms with Gasteiger partial charge in [0.2, 0.25) is 0 Å². The van der Waals surface area contributed by atoms with Crippen molar-refractivity contribution in [3.63, 3.8) is 0 Å². The van der Waals surface area contributed by atoms with Crippen LogP contribution in [0.15, 0.2) is 77.7 Å². The smallest absolute Gasteiger partial charge is 0.417 e. The van der Waals surface area contributed by atoms with Crippen LogP contribution < -0.4 is 15.6 Å². The van der Waals surface area contributed by atoms with Crippen LogP contribution in [0, 0.1) is 0 Å². The summed E-state index contributed by atoms with van der Waals surface area (Å²) in [5, 5.41) is 2.56. The van der Waals surface area contributed by atoms with E-state index in [1.807, 2.05) is 30.3 Å². The second-order valence-electron chi connectivity index (χ2n) is 7.30. The van der Waals surface area contributed by atoms with Crippen molar-refractivity contribution in [1.82, 2.24) is 4.57 Å². The lowest BCUT2D eigenvalue weighted by atomic mass is 10.2. The van der Waals surface area contributed by atoms with Gasteiger partial charge in [-0.15, -0.1) is 0 Å². The zero-order valence-electron chi connectivity index (χ0n) is 18.0. The van der Waals surface area contributed by atoms with Crippen LogP contribution in [0.4, 0.5) is 18.9 Å². The largest absolute Gasteiger partial charge is 0.489 e. The summed E-state index contributed by atoms with van der Waals surface area (Å²) >= 11 is 0. The Morgan fingerprint density at radius 3 is 2.32 bits per heavy atom. The summed E-state index contributed by atoms with van der Waals surface area (Å²) in [5.74, 6) is -1.09. The molecule has 2 aromatic carbocycles. The zero-order valence-corrected chi connectivity index (χ0v) is 18.0. The molecule has 1 amide bonds. The molecule has 10 heteroatoms. The topological polar surface area (TPSA) is 86.6 Å². The number of nitrogens with one attached hydrogen (secondary N) is 1. The summed E-state index contributed by atoms with van der Waals surface area (Å²) in [7, 11) is 0. The molecule has 3 rings (SSSR count). The summed E-state index contributed by atoms with van der Waals surface area (Å²) in [4.78, 5) is 36.1. The minimum absolute atomic E-state index is 0.383. The van der Waals surface area contributed by atoms with E-state index in [4.69, 9.17) is 9.47 Å². The fraction of sp³-hybridized carbons (Fsp3) is 0.208. The zero-order chi connectivity index (χ0) is 24.7. The number of carbonyl (C=O) groups is 2. The van der Waals surface area contributed by atoms with Crippen molar-refractivity contribution in [3.05, 3.63) is 94.4 Å². The Bertz CT molecular complexity index is 1190. The molecule has 0 spiro atoms. The number of halogens is 3. The molecule has 0 radical (unpaired) electrons. The van der Waals surface area contributed by atoms with Gasteiger partial charge in [-0.1, -0.05) is 30.3 Å². The summed E-state index contributed by atoms with van der Waals surface area (Å²) < 4.78 is 49.6. The van der Waals surface area contributed by atoms with Crippen LogP contribution in [0.5, 0.6) is 5.75 Å². The fourth-order valence-corrected chi connectivity index (χ4v) is 2.87. The van der Waals surface area contributed by atoms with E-state index in [2.05, 4.69) is 5.32 Å². The molecule has 0 fully saturated rings. The number of amides is 1. The number of esters is 1. The molecular weight excluding hydrogens is 453 g/mol. The van der Waals surface area contributed by atoms with Gasteiger partial charge in [-0.05, 0) is 42.8 Å². The Hall–Kier alpha value is -4.08. The molecule has 1 aromatic heterocycles. The molecule has 7 nitrogen and oxygen atoms in total. The molecule has 1 unspecified atom stereocenters. The maximum Gasteiger partial charge on any atom is 0.417 e. The average Bonchev–Trinajstić information content (AvgIpc) is 2.80. The Kier molecular flexibility index (Phi) is 7.72. The van der Waals surface area contributed by atoms with Crippen LogP contribution in [0.3, 0.4) is 0 Å². The van der Waals surface area contributed by atoms with Gasteiger partial charge >= 0.3 is 12.1 Å². The van der Waals surface area contributed by atoms with Crippen LogP contribution in [-0.2, 0) is 33.7 Å². The summed E-state index contributed by atoms with van der Waals surface area (Å²) in [6.45, 7) is 0.918. The molecule has 1 N–H and O–H groups in total. The van der Waals surface area contributed by atoms with E-state index in [9.17, 15) is 27.6 Å². The van der Waals surface area contributed by atoms with E-state index >= 15 is 0 Å². The van der Waals surface area contributed by atoms with E-state index in [0.717, 1.165) is 5.56 Å². The van der Waals surface area contributed by atoms with Crippen molar-refractivity contribution < 1.29 is 32.2 Å². The first kappa shape index (κ1) is 24.6. The SMILES string of the molecule is CC(OC(=O)Cn1cc(C(F)(F)F)ccc1=O)C(=O)Nc1ccc(OCc2ccccc2)cc1. The van der Waals surface area contributed by atoms with Gasteiger partial charge in [-0.3, -0.25) is 14.4 Å². The molecule has 34 heavy (non-hydrogen) atoms. The van der Waals surface area contributed by atoms with Crippen molar-refractivity contribution in [2.75, 3.05) is 5.32 Å². The minimum Gasteiger partial charge on any atom is -0.489 e. The van der Waals surface area contributed by atoms with Crippen molar-refractivity contribution in [2.24, 2.45) is 0 Å². The number of ether oxygens (including phenoxy) is 2. The number of carbonyl (C=O) groups excluding carboxylic acids is 2. The number of anilines is 1. The number of rotatable bonds is 8. The van der Waals surface area contributed by atoms with Crippen molar-refractivity contribution in [2.45, 2.75) is 32.4 Å². The molecule has 0 saturated carbocycles. The third-order valence-corrected chi connectivity index (χ3v) is 4.66. The van der Waals surface area contributed by atoms with Crippen LogP contribution in [0.25, 0.3) is 0 Å². The Morgan fingerprint density at radius 1 is 1.00 bits per heavy atom. The van der Waals surface area contributed by atoms with E-state index < -0.39 is 41.8 Å². The van der Waals surface area contributed by atoms with Gasteiger partial charge in [0.1, 0.15) is 18.9 Å². The highest BCUT2D eigenvalue weighted by atomic mass is 19.4. The lowest BCUT2D eigenvalue weighted by Crippen LogP contribution is -2.33. The van der Waals surface area contributed by atoms with Gasteiger partial charge in [0.05, 0.1) is 5.56 Å². The molecule has 1 heterocycles. The molecule has 0 bridgehead atoms. The molecule has 178 valence electrons. The van der Waals surface area contributed by atoms with Crippen molar-refractivity contribution >= 4 is 17.6 Å². The number of pyridine rings is 1. The van der Waals surface area contributed by atoms with Gasteiger partial charge in [0, 0.05) is 18.0 Å². The molecule has 0 aliphatic heterocycles. The van der Waals surface area contributed by atoms with Crippen LogP contribution >= 0.6 is 0 Å². The van der Waals surface area contributed by atoms with E-state index in [0.29, 0.717) is 40.9 Å².